The van der Waals surface area contributed by atoms with Gasteiger partial charge in [0.2, 0.25) is 0 Å². The molecule has 6 aromatic rings. The van der Waals surface area contributed by atoms with Crippen molar-refractivity contribution in [1.29, 1.82) is 0 Å². The van der Waals surface area contributed by atoms with Crippen LogP contribution in [0.4, 0.5) is 13.2 Å². The maximum Gasteiger partial charge on any atom is 0.416 e. The maximum atomic E-state index is 13.4. The number of hydrogen-bond donors (Lipinski definition) is 0. The molecule has 0 aliphatic carbocycles. The molecule has 1 heterocycles. The number of nitrogens with zero attached hydrogens (tertiary/aromatic N) is 2. The SMILES string of the molecule is Cc1cc(C(F)(F)F)cc2nc3c4ccccc4c4ccc5ccccc5c4c3nc12. The van der Waals surface area contributed by atoms with Crippen LogP contribution in [0.3, 0.4) is 0 Å². The summed E-state index contributed by atoms with van der Waals surface area (Å²) in [4.78, 5) is 9.63. The first-order chi connectivity index (χ1) is 14.9. The highest BCUT2D eigenvalue weighted by atomic mass is 19.4. The molecule has 0 aliphatic heterocycles. The van der Waals surface area contributed by atoms with Crippen LogP contribution in [0.25, 0.3) is 54.4 Å². The zero-order chi connectivity index (χ0) is 21.3. The summed E-state index contributed by atoms with van der Waals surface area (Å²) >= 11 is 0. The predicted octanol–water partition coefficient (Wildman–Crippen LogP) is 7.57. The van der Waals surface area contributed by atoms with E-state index in [4.69, 9.17) is 9.97 Å². The molecule has 0 fully saturated rings. The van der Waals surface area contributed by atoms with Crippen LogP contribution in [0, 0.1) is 6.92 Å². The summed E-state index contributed by atoms with van der Waals surface area (Å²) in [6.07, 6.45) is -4.43. The molecule has 0 aliphatic rings. The summed E-state index contributed by atoms with van der Waals surface area (Å²) in [6.45, 7) is 1.65. The second-order valence-corrected chi connectivity index (χ2v) is 7.83. The minimum Gasteiger partial charge on any atom is -0.244 e. The molecule has 150 valence electrons. The van der Waals surface area contributed by atoms with E-state index in [2.05, 4.69) is 18.2 Å². The van der Waals surface area contributed by atoms with Crippen LogP contribution >= 0.6 is 0 Å². The summed E-state index contributed by atoms with van der Waals surface area (Å²) in [5, 5.41) is 6.05. The second kappa shape index (κ2) is 6.14. The largest absolute Gasteiger partial charge is 0.416 e. The zero-order valence-corrected chi connectivity index (χ0v) is 16.5. The normalized spacial score (nSPS) is 12.5. The van der Waals surface area contributed by atoms with E-state index in [9.17, 15) is 13.2 Å². The van der Waals surface area contributed by atoms with E-state index < -0.39 is 11.7 Å². The number of benzene rings is 5. The van der Waals surface area contributed by atoms with Gasteiger partial charge in [-0.05, 0) is 46.2 Å². The van der Waals surface area contributed by atoms with Crippen LogP contribution in [0.1, 0.15) is 11.1 Å². The average Bonchev–Trinajstić information content (AvgIpc) is 2.77. The van der Waals surface area contributed by atoms with Gasteiger partial charge in [0.25, 0.3) is 0 Å². The van der Waals surface area contributed by atoms with Crippen molar-refractivity contribution in [3.05, 3.63) is 83.9 Å². The summed E-state index contributed by atoms with van der Waals surface area (Å²) < 4.78 is 40.2. The fourth-order valence-corrected chi connectivity index (χ4v) is 4.53. The first-order valence-electron chi connectivity index (χ1n) is 9.93. The topological polar surface area (TPSA) is 25.8 Å². The molecule has 31 heavy (non-hydrogen) atoms. The summed E-state index contributed by atoms with van der Waals surface area (Å²) in [6, 6.07) is 22.3. The lowest BCUT2D eigenvalue weighted by Gasteiger charge is -2.14. The average molecular weight is 412 g/mol. The molecule has 0 spiro atoms. The highest BCUT2D eigenvalue weighted by Gasteiger charge is 2.31. The first-order valence-corrected chi connectivity index (χ1v) is 9.93. The third kappa shape index (κ3) is 2.59. The van der Waals surface area contributed by atoms with E-state index in [1.54, 1.807) is 6.92 Å². The van der Waals surface area contributed by atoms with Crippen molar-refractivity contribution < 1.29 is 13.2 Å². The van der Waals surface area contributed by atoms with Crippen LogP contribution in [-0.4, -0.2) is 9.97 Å². The molecule has 0 saturated heterocycles. The molecule has 0 radical (unpaired) electrons. The summed E-state index contributed by atoms with van der Waals surface area (Å²) in [5.41, 5.74) is 1.82. The van der Waals surface area contributed by atoms with Gasteiger partial charge in [-0.1, -0.05) is 60.7 Å². The van der Waals surface area contributed by atoms with Gasteiger partial charge in [-0.3, -0.25) is 0 Å². The van der Waals surface area contributed by atoms with Gasteiger partial charge in [0.15, 0.2) is 0 Å². The van der Waals surface area contributed by atoms with Gasteiger partial charge in [-0.15, -0.1) is 0 Å². The molecule has 6 rings (SSSR count). The Morgan fingerprint density at radius 1 is 0.645 bits per heavy atom. The number of alkyl halides is 3. The standard InChI is InChI=1S/C26H15F3N2/c1-14-12-16(26(27,28)29)13-21-23(14)31-25-22-17-7-3-2-6-15(17)10-11-19(22)18-8-4-5-9-20(18)24(25)30-21/h2-13H,1H3. The van der Waals surface area contributed by atoms with Crippen LogP contribution in [0.5, 0.6) is 0 Å². The Balaban J connectivity index is 1.90. The quantitative estimate of drug-likeness (QED) is 0.190. The third-order valence-electron chi connectivity index (χ3n) is 5.93. The Labute approximate surface area is 175 Å². The van der Waals surface area contributed by atoms with Crippen molar-refractivity contribution in [3.8, 4) is 0 Å². The molecule has 0 bridgehead atoms. The summed E-state index contributed by atoms with van der Waals surface area (Å²) in [5.74, 6) is 0. The Hall–Kier alpha value is -3.73. The number of aryl methyl sites for hydroxylation is 1. The van der Waals surface area contributed by atoms with Crippen molar-refractivity contribution in [1.82, 2.24) is 9.97 Å². The van der Waals surface area contributed by atoms with Crippen molar-refractivity contribution in [2.75, 3.05) is 0 Å². The van der Waals surface area contributed by atoms with E-state index in [1.165, 1.54) is 0 Å². The van der Waals surface area contributed by atoms with Gasteiger partial charge in [0, 0.05) is 10.8 Å². The zero-order valence-electron chi connectivity index (χ0n) is 16.5. The first kappa shape index (κ1) is 18.1. The van der Waals surface area contributed by atoms with Gasteiger partial charge in [-0.2, -0.15) is 13.2 Å². The molecule has 5 aromatic carbocycles. The number of aromatic nitrogens is 2. The van der Waals surface area contributed by atoms with Crippen molar-refractivity contribution in [3.63, 3.8) is 0 Å². The molecule has 2 nitrogen and oxygen atoms in total. The molecule has 0 saturated carbocycles. The molecule has 0 atom stereocenters. The summed E-state index contributed by atoms with van der Waals surface area (Å²) in [7, 11) is 0. The van der Waals surface area contributed by atoms with Gasteiger partial charge in [-0.25, -0.2) is 9.97 Å². The highest BCUT2D eigenvalue weighted by Crippen LogP contribution is 2.39. The van der Waals surface area contributed by atoms with Crippen LogP contribution < -0.4 is 0 Å². The lowest BCUT2D eigenvalue weighted by atomic mass is 9.95. The Morgan fingerprint density at radius 3 is 2.13 bits per heavy atom. The number of hydrogen-bond acceptors (Lipinski definition) is 2. The Kier molecular flexibility index (Phi) is 3.58. The van der Waals surface area contributed by atoms with Gasteiger partial charge < -0.3 is 0 Å². The molecule has 0 unspecified atom stereocenters. The van der Waals surface area contributed by atoms with Gasteiger partial charge in [0.05, 0.1) is 27.6 Å². The molecular weight excluding hydrogens is 397 g/mol. The number of rotatable bonds is 0. The maximum absolute atomic E-state index is 13.4. The Bertz CT molecular complexity index is 1680. The van der Waals surface area contributed by atoms with E-state index in [1.807, 2.05) is 42.5 Å². The van der Waals surface area contributed by atoms with E-state index in [-0.39, 0.29) is 5.52 Å². The molecule has 0 N–H and O–H groups in total. The Morgan fingerprint density at radius 2 is 1.35 bits per heavy atom. The highest BCUT2D eigenvalue weighted by molar-refractivity contribution is 6.30. The van der Waals surface area contributed by atoms with E-state index in [0.29, 0.717) is 22.1 Å². The van der Waals surface area contributed by atoms with Crippen LogP contribution in [0.15, 0.2) is 72.8 Å². The lowest BCUT2D eigenvalue weighted by molar-refractivity contribution is -0.137. The second-order valence-electron chi connectivity index (χ2n) is 7.83. The van der Waals surface area contributed by atoms with Crippen molar-refractivity contribution >= 4 is 54.4 Å². The molecule has 5 heteroatoms. The fraction of sp³-hybridized carbons (Fsp3) is 0.0769. The van der Waals surface area contributed by atoms with Crippen LogP contribution in [-0.2, 0) is 6.18 Å². The smallest absolute Gasteiger partial charge is 0.244 e. The van der Waals surface area contributed by atoms with E-state index in [0.717, 1.165) is 44.5 Å². The molecule has 0 amide bonds. The lowest BCUT2D eigenvalue weighted by Crippen LogP contribution is -2.06. The minimum absolute atomic E-state index is 0.254. The molecule has 1 aromatic heterocycles. The van der Waals surface area contributed by atoms with Gasteiger partial charge in [0.1, 0.15) is 0 Å². The van der Waals surface area contributed by atoms with Gasteiger partial charge >= 0.3 is 6.18 Å². The fourth-order valence-electron chi connectivity index (χ4n) is 4.53. The third-order valence-corrected chi connectivity index (χ3v) is 5.93. The number of halogens is 3. The monoisotopic (exact) mass is 412 g/mol. The minimum atomic E-state index is -4.43. The predicted molar refractivity (Wildman–Crippen MR) is 119 cm³/mol. The van der Waals surface area contributed by atoms with Crippen LogP contribution in [0.2, 0.25) is 0 Å². The van der Waals surface area contributed by atoms with Crippen molar-refractivity contribution in [2.45, 2.75) is 13.1 Å². The van der Waals surface area contributed by atoms with E-state index >= 15 is 0 Å². The van der Waals surface area contributed by atoms with Crippen molar-refractivity contribution in [2.24, 2.45) is 0 Å². The molecular formula is C26H15F3N2. The number of fused-ring (bicyclic) bond motifs is 9.